The van der Waals surface area contributed by atoms with Gasteiger partial charge in [0.1, 0.15) is 6.54 Å². The van der Waals surface area contributed by atoms with Crippen LogP contribution in [0.2, 0.25) is 0 Å². The Labute approximate surface area is 187 Å². The van der Waals surface area contributed by atoms with Gasteiger partial charge in [-0.1, -0.05) is 31.5 Å². The molecule has 0 bridgehead atoms. The van der Waals surface area contributed by atoms with E-state index < -0.39 is 10.0 Å². The van der Waals surface area contributed by atoms with Crippen molar-refractivity contribution in [2.75, 3.05) is 18.4 Å². The number of benzene rings is 2. The number of amides is 1. The number of sulfonamides is 1. The number of carbonyl (C=O) groups is 1. The molecule has 2 heterocycles. The Morgan fingerprint density at radius 1 is 0.969 bits per heavy atom. The highest BCUT2D eigenvalue weighted by molar-refractivity contribution is 7.89. The highest BCUT2D eigenvalue weighted by Gasteiger charge is 2.26. The van der Waals surface area contributed by atoms with Crippen LogP contribution < -0.4 is 11.0 Å². The number of nitrogens with one attached hydrogen (secondary N) is 1. The summed E-state index contributed by atoms with van der Waals surface area (Å²) >= 11 is 0. The van der Waals surface area contributed by atoms with Crippen LogP contribution in [0.4, 0.5) is 5.69 Å². The second-order valence-electron chi connectivity index (χ2n) is 8.05. The van der Waals surface area contributed by atoms with Crippen LogP contribution in [0.1, 0.15) is 32.6 Å². The number of hydrogen-bond acceptors (Lipinski definition) is 4. The second-order valence-corrected chi connectivity index (χ2v) is 9.99. The van der Waals surface area contributed by atoms with Gasteiger partial charge in [0.15, 0.2) is 0 Å². The Balaban J connectivity index is 1.55. The minimum Gasteiger partial charge on any atom is -0.324 e. The maximum absolute atomic E-state index is 12.9. The van der Waals surface area contributed by atoms with Gasteiger partial charge in [0.25, 0.3) is 0 Å². The molecule has 1 fully saturated rings. The van der Waals surface area contributed by atoms with Gasteiger partial charge in [-0.25, -0.2) is 13.2 Å². The summed E-state index contributed by atoms with van der Waals surface area (Å²) in [7, 11) is -3.59. The Kier molecular flexibility index (Phi) is 6.48. The Bertz CT molecular complexity index is 1290. The van der Waals surface area contributed by atoms with Crippen LogP contribution in [0, 0.1) is 0 Å². The van der Waals surface area contributed by atoms with E-state index in [0.29, 0.717) is 30.8 Å². The van der Waals surface area contributed by atoms with E-state index in [0.717, 1.165) is 31.2 Å². The lowest BCUT2D eigenvalue weighted by Crippen LogP contribution is -2.35. The monoisotopic (exact) mass is 456 g/mol. The van der Waals surface area contributed by atoms with Crippen LogP contribution in [0.15, 0.2) is 58.2 Å². The lowest BCUT2D eigenvalue weighted by molar-refractivity contribution is -0.116. The summed E-state index contributed by atoms with van der Waals surface area (Å²) in [5.41, 5.74) is 1.65. The average molecular weight is 457 g/mol. The van der Waals surface area contributed by atoms with Crippen molar-refractivity contribution in [1.29, 1.82) is 0 Å². The van der Waals surface area contributed by atoms with E-state index in [9.17, 15) is 18.0 Å². The zero-order valence-corrected chi connectivity index (χ0v) is 19.0. The molecule has 0 saturated carbocycles. The average Bonchev–Trinajstić information content (AvgIpc) is 3.06. The molecule has 1 N–H and O–H groups in total. The van der Waals surface area contributed by atoms with Crippen molar-refractivity contribution in [3.05, 3.63) is 59.0 Å². The molecule has 0 unspecified atom stereocenters. The summed E-state index contributed by atoms with van der Waals surface area (Å²) in [6.07, 6.45) is 3.56. The third-order valence-corrected chi connectivity index (χ3v) is 7.64. The number of aryl methyl sites for hydroxylation is 1. The zero-order chi connectivity index (χ0) is 22.7. The number of para-hydroxylation sites is 2. The number of anilines is 1. The van der Waals surface area contributed by atoms with Crippen LogP contribution >= 0.6 is 0 Å². The largest absolute Gasteiger partial charge is 0.329 e. The van der Waals surface area contributed by atoms with Crippen molar-refractivity contribution >= 4 is 32.7 Å². The molecule has 170 valence electrons. The number of nitrogens with zero attached hydrogens (tertiary/aromatic N) is 3. The Morgan fingerprint density at radius 3 is 2.34 bits per heavy atom. The molecule has 1 amide bonds. The van der Waals surface area contributed by atoms with E-state index in [1.165, 1.54) is 14.9 Å². The van der Waals surface area contributed by atoms with E-state index >= 15 is 0 Å². The predicted molar refractivity (Wildman–Crippen MR) is 124 cm³/mol. The summed E-state index contributed by atoms with van der Waals surface area (Å²) < 4.78 is 30.5. The summed E-state index contributed by atoms with van der Waals surface area (Å²) in [5.74, 6) is -0.390. The summed E-state index contributed by atoms with van der Waals surface area (Å²) in [6, 6.07) is 13.7. The first-order valence-corrected chi connectivity index (χ1v) is 12.4. The molecule has 1 aromatic heterocycles. The van der Waals surface area contributed by atoms with Gasteiger partial charge in [-0.15, -0.1) is 0 Å². The normalized spacial score (nSPS) is 15.2. The number of hydrogen-bond donors (Lipinski definition) is 1. The molecule has 0 atom stereocenters. The predicted octanol–water partition coefficient (Wildman–Crippen LogP) is 3.03. The molecular formula is C23H28N4O4S. The fraction of sp³-hybridized carbons (Fsp3) is 0.391. The maximum atomic E-state index is 12.9. The number of piperidine rings is 1. The third kappa shape index (κ3) is 4.35. The van der Waals surface area contributed by atoms with Gasteiger partial charge in [-0.3, -0.25) is 13.9 Å². The first-order chi connectivity index (χ1) is 15.4. The van der Waals surface area contributed by atoms with Crippen molar-refractivity contribution in [3.8, 4) is 0 Å². The molecule has 0 aliphatic carbocycles. The van der Waals surface area contributed by atoms with Crippen molar-refractivity contribution < 1.29 is 13.2 Å². The molecule has 1 saturated heterocycles. The summed E-state index contributed by atoms with van der Waals surface area (Å²) in [5, 5.41) is 2.75. The minimum atomic E-state index is -3.59. The molecule has 2 aromatic carbocycles. The maximum Gasteiger partial charge on any atom is 0.329 e. The first kappa shape index (κ1) is 22.3. The van der Waals surface area contributed by atoms with E-state index in [1.807, 2.05) is 31.2 Å². The number of carbonyl (C=O) groups excluding carboxylic acids is 1. The van der Waals surface area contributed by atoms with Gasteiger partial charge in [0, 0.05) is 25.3 Å². The van der Waals surface area contributed by atoms with Gasteiger partial charge < -0.3 is 5.32 Å². The molecule has 9 heteroatoms. The van der Waals surface area contributed by atoms with Crippen molar-refractivity contribution in [1.82, 2.24) is 13.4 Å². The van der Waals surface area contributed by atoms with Gasteiger partial charge in [-0.05, 0) is 49.6 Å². The van der Waals surface area contributed by atoms with Crippen LogP contribution in [-0.4, -0.2) is 40.9 Å². The summed E-state index contributed by atoms with van der Waals surface area (Å²) in [4.78, 5) is 25.8. The van der Waals surface area contributed by atoms with Crippen molar-refractivity contribution in [2.24, 2.45) is 0 Å². The Hall–Kier alpha value is -2.91. The van der Waals surface area contributed by atoms with Crippen molar-refractivity contribution in [3.63, 3.8) is 0 Å². The molecule has 0 spiro atoms. The standard InChI is InChI=1S/C23H28N4O4S/c1-2-13-26-20-11-4-5-12-21(20)27(23(26)29)17-22(28)24-18-9-8-10-19(16-18)32(30,31)25-14-6-3-7-15-25/h4-5,8-12,16H,2-3,6-7,13-15,17H2,1H3,(H,24,28). The molecule has 1 aliphatic heterocycles. The fourth-order valence-corrected chi connectivity index (χ4v) is 5.76. The van der Waals surface area contributed by atoms with E-state index in [2.05, 4.69) is 5.32 Å². The minimum absolute atomic E-state index is 0.154. The topological polar surface area (TPSA) is 93.4 Å². The van der Waals surface area contributed by atoms with E-state index in [-0.39, 0.29) is 23.0 Å². The van der Waals surface area contributed by atoms with Gasteiger partial charge in [0.2, 0.25) is 15.9 Å². The number of rotatable bonds is 7. The lowest BCUT2D eigenvalue weighted by atomic mass is 10.2. The molecule has 4 rings (SSSR count). The lowest BCUT2D eigenvalue weighted by Gasteiger charge is -2.26. The number of imidazole rings is 1. The highest BCUT2D eigenvalue weighted by Crippen LogP contribution is 2.23. The quantitative estimate of drug-likeness (QED) is 0.591. The molecule has 1 aliphatic rings. The SMILES string of the molecule is CCCn1c(=O)n(CC(=O)Nc2cccc(S(=O)(=O)N3CCCCC3)c2)c2ccccc21. The molecular weight excluding hydrogens is 428 g/mol. The van der Waals surface area contributed by atoms with E-state index in [1.54, 1.807) is 22.8 Å². The van der Waals surface area contributed by atoms with Crippen LogP contribution in [-0.2, 0) is 27.9 Å². The smallest absolute Gasteiger partial charge is 0.324 e. The molecule has 8 nitrogen and oxygen atoms in total. The Morgan fingerprint density at radius 2 is 1.66 bits per heavy atom. The summed E-state index contributed by atoms with van der Waals surface area (Å²) in [6.45, 7) is 3.45. The van der Waals surface area contributed by atoms with Crippen molar-refractivity contribution in [2.45, 2.75) is 50.6 Å². The van der Waals surface area contributed by atoms with Crippen LogP contribution in [0.25, 0.3) is 11.0 Å². The third-order valence-electron chi connectivity index (χ3n) is 5.74. The highest BCUT2D eigenvalue weighted by atomic mass is 32.2. The molecule has 32 heavy (non-hydrogen) atoms. The number of aromatic nitrogens is 2. The molecule has 0 radical (unpaired) electrons. The zero-order valence-electron chi connectivity index (χ0n) is 18.2. The van der Waals surface area contributed by atoms with Gasteiger partial charge >= 0.3 is 5.69 Å². The first-order valence-electron chi connectivity index (χ1n) is 11.0. The van der Waals surface area contributed by atoms with Crippen LogP contribution in [0.5, 0.6) is 0 Å². The second kappa shape index (κ2) is 9.30. The van der Waals surface area contributed by atoms with E-state index in [4.69, 9.17) is 0 Å². The molecule has 3 aromatic rings. The van der Waals surface area contributed by atoms with Crippen LogP contribution in [0.3, 0.4) is 0 Å². The van der Waals surface area contributed by atoms with Gasteiger partial charge in [-0.2, -0.15) is 4.31 Å². The van der Waals surface area contributed by atoms with Gasteiger partial charge in [0.05, 0.1) is 15.9 Å². The number of fused-ring (bicyclic) bond motifs is 1. The fourth-order valence-electron chi connectivity index (χ4n) is 4.20.